The van der Waals surface area contributed by atoms with Crippen LogP contribution in [-0.2, 0) is 6.18 Å². The smallest absolute Gasteiger partial charge is 0.422 e. The number of halogens is 3. The molecular weight excluding hydrogens is 471 g/mol. The number of nitrogens with zero attached hydrogens (tertiary/aromatic N) is 5. The van der Waals surface area contributed by atoms with E-state index in [1.807, 2.05) is 36.1 Å². The van der Waals surface area contributed by atoms with Crippen molar-refractivity contribution in [3.63, 3.8) is 0 Å². The van der Waals surface area contributed by atoms with Crippen molar-refractivity contribution in [1.82, 2.24) is 19.7 Å². The Labute approximate surface area is 205 Å². The molecule has 1 aromatic carbocycles. The number of aromatic nitrogens is 4. The first-order valence-electron chi connectivity index (χ1n) is 12.1. The van der Waals surface area contributed by atoms with Crippen LogP contribution in [0.3, 0.4) is 0 Å². The number of furan rings is 1. The molecule has 1 aliphatic rings. The molecule has 1 fully saturated rings. The molecule has 5 rings (SSSR count). The molecule has 0 spiro atoms. The lowest BCUT2D eigenvalue weighted by Crippen LogP contribution is -2.30. The van der Waals surface area contributed by atoms with Gasteiger partial charge < -0.3 is 9.32 Å². The highest BCUT2D eigenvalue weighted by Crippen LogP contribution is 2.42. The summed E-state index contributed by atoms with van der Waals surface area (Å²) in [4.78, 5) is 23.4. The minimum absolute atomic E-state index is 0.0113. The van der Waals surface area contributed by atoms with Crippen LogP contribution in [0.15, 0.2) is 41.1 Å². The molecule has 0 bridgehead atoms. The molecule has 0 N–H and O–H groups in total. The largest absolute Gasteiger partial charge is 0.447 e. The molecule has 1 aliphatic heterocycles. The van der Waals surface area contributed by atoms with Gasteiger partial charge in [0.2, 0.25) is 0 Å². The first kappa shape index (κ1) is 24.0. The minimum Gasteiger partial charge on any atom is -0.447 e. The standard InChI is InChI=1S/C26H26F3N5O2/c1-3-8-19(35)22-20(26(27,28)29)21-23(36-22)24(33-11-5-4-6-12-33)32-25(31-21)34-15-18(14-30-34)17-10-7-9-16(2)13-17/h7,9-10,13-15H,3-6,8,11-12H2,1-2H3. The van der Waals surface area contributed by atoms with Crippen molar-refractivity contribution in [3.05, 3.63) is 53.5 Å². The number of rotatable bonds is 6. The summed E-state index contributed by atoms with van der Waals surface area (Å²) in [5, 5.41) is 4.34. The van der Waals surface area contributed by atoms with Crippen LogP contribution >= 0.6 is 0 Å². The molecule has 0 atom stereocenters. The third kappa shape index (κ3) is 4.47. The highest BCUT2D eigenvalue weighted by molar-refractivity contribution is 6.01. The zero-order chi connectivity index (χ0) is 25.4. The number of anilines is 1. The van der Waals surface area contributed by atoms with Gasteiger partial charge in [0.25, 0.3) is 5.95 Å². The summed E-state index contributed by atoms with van der Waals surface area (Å²) >= 11 is 0. The van der Waals surface area contributed by atoms with Crippen molar-refractivity contribution >= 4 is 22.7 Å². The van der Waals surface area contributed by atoms with Crippen molar-refractivity contribution in [3.8, 4) is 17.1 Å². The highest BCUT2D eigenvalue weighted by Gasteiger charge is 2.42. The van der Waals surface area contributed by atoms with Crippen LogP contribution < -0.4 is 4.90 Å². The molecule has 3 aromatic heterocycles. The van der Waals surface area contributed by atoms with E-state index in [1.165, 1.54) is 4.68 Å². The summed E-state index contributed by atoms with van der Waals surface area (Å²) in [5.74, 6) is -1.16. The van der Waals surface area contributed by atoms with E-state index in [0.717, 1.165) is 36.0 Å². The zero-order valence-electron chi connectivity index (χ0n) is 20.1. The van der Waals surface area contributed by atoms with Gasteiger partial charge in [0.05, 0.1) is 6.20 Å². The number of alkyl halides is 3. The maximum atomic E-state index is 14.3. The lowest BCUT2D eigenvalue weighted by molar-refractivity contribution is -0.137. The average Bonchev–Trinajstić information content (AvgIpc) is 3.49. The van der Waals surface area contributed by atoms with Crippen LogP contribution in [-0.4, -0.2) is 38.6 Å². The fourth-order valence-electron chi connectivity index (χ4n) is 4.58. The van der Waals surface area contributed by atoms with E-state index in [4.69, 9.17) is 4.42 Å². The van der Waals surface area contributed by atoms with Crippen LogP contribution in [0.25, 0.3) is 28.2 Å². The summed E-state index contributed by atoms with van der Waals surface area (Å²) in [6, 6.07) is 7.83. The van der Waals surface area contributed by atoms with Gasteiger partial charge in [0.15, 0.2) is 22.9 Å². The number of hydrogen-bond donors (Lipinski definition) is 0. The minimum atomic E-state index is -4.83. The molecule has 36 heavy (non-hydrogen) atoms. The SMILES string of the molecule is CCCC(=O)c1oc2c(N3CCCCC3)nc(-n3cc(-c4cccc(C)c4)cn3)nc2c1C(F)(F)F. The van der Waals surface area contributed by atoms with E-state index in [-0.39, 0.29) is 23.8 Å². The number of hydrogen-bond acceptors (Lipinski definition) is 6. The molecular formula is C26H26F3N5O2. The first-order valence-corrected chi connectivity index (χ1v) is 12.1. The van der Waals surface area contributed by atoms with E-state index in [2.05, 4.69) is 15.1 Å². The van der Waals surface area contributed by atoms with Crippen LogP contribution in [0.5, 0.6) is 0 Å². The molecule has 7 nitrogen and oxygen atoms in total. The van der Waals surface area contributed by atoms with Gasteiger partial charge in [-0.2, -0.15) is 23.3 Å². The number of benzene rings is 1. The molecule has 1 saturated heterocycles. The summed E-state index contributed by atoms with van der Waals surface area (Å²) < 4.78 is 49.8. The zero-order valence-corrected chi connectivity index (χ0v) is 20.1. The Morgan fingerprint density at radius 1 is 1.11 bits per heavy atom. The summed E-state index contributed by atoms with van der Waals surface area (Å²) in [5.41, 5.74) is 1.10. The quantitative estimate of drug-likeness (QED) is 0.288. The van der Waals surface area contributed by atoms with Gasteiger partial charge in [-0.25, -0.2) is 9.67 Å². The maximum Gasteiger partial charge on any atom is 0.422 e. The summed E-state index contributed by atoms with van der Waals surface area (Å²) in [6.45, 7) is 4.96. The Morgan fingerprint density at radius 3 is 2.58 bits per heavy atom. The molecule has 0 unspecified atom stereocenters. The lowest BCUT2D eigenvalue weighted by atomic mass is 10.1. The Morgan fingerprint density at radius 2 is 1.89 bits per heavy atom. The van der Waals surface area contributed by atoms with Gasteiger partial charge in [-0.05, 0) is 38.2 Å². The number of aryl methyl sites for hydroxylation is 1. The fraction of sp³-hybridized carbons (Fsp3) is 0.385. The van der Waals surface area contributed by atoms with Crippen molar-refractivity contribution in [2.75, 3.05) is 18.0 Å². The lowest BCUT2D eigenvalue weighted by Gasteiger charge is -2.27. The van der Waals surface area contributed by atoms with Gasteiger partial charge in [-0.3, -0.25) is 4.79 Å². The average molecular weight is 498 g/mol. The second-order valence-corrected chi connectivity index (χ2v) is 9.09. The molecule has 10 heteroatoms. The highest BCUT2D eigenvalue weighted by atomic mass is 19.4. The molecule has 0 radical (unpaired) electrons. The molecule has 188 valence electrons. The van der Waals surface area contributed by atoms with E-state index in [0.29, 0.717) is 19.5 Å². The van der Waals surface area contributed by atoms with Crippen LogP contribution in [0.4, 0.5) is 19.0 Å². The van der Waals surface area contributed by atoms with Crippen molar-refractivity contribution in [2.45, 2.75) is 52.1 Å². The normalized spacial score (nSPS) is 14.5. The monoisotopic (exact) mass is 497 g/mol. The Balaban J connectivity index is 1.71. The molecule has 4 heterocycles. The van der Waals surface area contributed by atoms with E-state index >= 15 is 0 Å². The summed E-state index contributed by atoms with van der Waals surface area (Å²) in [6.07, 6.45) is 1.63. The van der Waals surface area contributed by atoms with E-state index in [9.17, 15) is 18.0 Å². The number of piperidine rings is 1. The maximum absolute atomic E-state index is 14.3. The van der Waals surface area contributed by atoms with Crippen molar-refractivity contribution in [2.24, 2.45) is 0 Å². The molecule has 0 amide bonds. The number of fused-ring (bicyclic) bond motifs is 1. The molecule has 0 saturated carbocycles. The first-order chi connectivity index (χ1) is 17.3. The van der Waals surface area contributed by atoms with Crippen molar-refractivity contribution < 1.29 is 22.4 Å². The van der Waals surface area contributed by atoms with Gasteiger partial charge in [-0.1, -0.05) is 36.8 Å². The van der Waals surface area contributed by atoms with Gasteiger partial charge in [-0.15, -0.1) is 0 Å². The van der Waals surface area contributed by atoms with Crippen LogP contribution in [0, 0.1) is 6.92 Å². The van der Waals surface area contributed by atoms with Crippen LogP contribution in [0.2, 0.25) is 0 Å². The number of carbonyl (C=O) groups excluding carboxylic acids is 1. The Hall–Kier alpha value is -3.69. The van der Waals surface area contributed by atoms with Crippen molar-refractivity contribution in [1.29, 1.82) is 0 Å². The fourth-order valence-corrected chi connectivity index (χ4v) is 4.58. The van der Waals surface area contributed by atoms with Gasteiger partial charge >= 0.3 is 6.18 Å². The number of carbonyl (C=O) groups is 1. The Bertz CT molecular complexity index is 1420. The third-order valence-corrected chi connectivity index (χ3v) is 6.31. The topological polar surface area (TPSA) is 77.0 Å². The molecule has 0 aliphatic carbocycles. The Kier molecular flexibility index (Phi) is 6.27. The predicted molar refractivity (Wildman–Crippen MR) is 129 cm³/mol. The second-order valence-electron chi connectivity index (χ2n) is 9.09. The third-order valence-electron chi connectivity index (χ3n) is 6.31. The number of ketones is 1. The van der Waals surface area contributed by atoms with Crippen LogP contribution in [0.1, 0.15) is 60.7 Å². The number of Topliss-reactive ketones (excluding diaryl/α,β-unsaturated/α-hetero) is 1. The van der Waals surface area contributed by atoms with Gasteiger partial charge in [0, 0.05) is 31.3 Å². The van der Waals surface area contributed by atoms with Gasteiger partial charge in [0.1, 0.15) is 11.1 Å². The van der Waals surface area contributed by atoms with E-state index < -0.39 is 28.8 Å². The molecule has 4 aromatic rings. The van der Waals surface area contributed by atoms with E-state index in [1.54, 1.807) is 19.3 Å². The summed E-state index contributed by atoms with van der Waals surface area (Å²) in [7, 11) is 0. The second kappa shape index (κ2) is 9.40. The predicted octanol–water partition coefficient (Wildman–Crippen LogP) is 6.38.